The molecular formula is C12H23N3O. The van der Waals surface area contributed by atoms with E-state index in [0.717, 1.165) is 12.1 Å². The van der Waals surface area contributed by atoms with E-state index in [2.05, 4.69) is 18.9 Å². The molecule has 2 N–H and O–H groups in total. The van der Waals surface area contributed by atoms with Gasteiger partial charge in [-0.2, -0.15) is 5.10 Å². The van der Waals surface area contributed by atoms with Crippen molar-refractivity contribution in [1.29, 1.82) is 0 Å². The van der Waals surface area contributed by atoms with E-state index in [1.807, 2.05) is 30.8 Å². The zero-order chi connectivity index (χ0) is 12.3. The molecule has 0 amide bonds. The second kappa shape index (κ2) is 4.97. The fraction of sp³-hybridized carbons (Fsp3) is 0.750. The van der Waals surface area contributed by atoms with Crippen molar-refractivity contribution in [2.45, 2.75) is 51.8 Å². The smallest absolute Gasteiger partial charge is 0.0776 e. The van der Waals surface area contributed by atoms with Crippen LogP contribution >= 0.6 is 0 Å². The van der Waals surface area contributed by atoms with Crippen LogP contribution in [0.4, 0.5) is 0 Å². The Labute approximate surface area is 97.8 Å². The lowest BCUT2D eigenvalue weighted by Crippen LogP contribution is -2.46. The van der Waals surface area contributed by atoms with Crippen LogP contribution in [0.5, 0.6) is 0 Å². The van der Waals surface area contributed by atoms with Gasteiger partial charge in [-0.25, -0.2) is 0 Å². The van der Waals surface area contributed by atoms with Crippen molar-refractivity contribution in [3.63, 3.8) is 0 Å². The Hall–Kier alpha value is -0.870. The number of hydrogen-bond donors (Lipinski definition) is 1. The molecule has 0 aliphatic heterocycles. The highest BCUT2D eigenvalue weighted by Crippen LogP contribution is 2.15. The van der Waals surface area contributed by atoms with Crippen LogP contribution in [-0.2, 0) is 11.2 Å². The van der Waals surface area contributed by atoms with E-state index >= 15 is 0 Å². The Morgan fingerprint density at radius 3 is 2.56 bits per heavy atom. The normalized spacial score (nSPS) is 14.4. The Morgan fingerprint density at radius 2 is 2.12 bits per heavy atom. The highest BCUT2D eigenvalue weighted by Gasteiger charge is 2.26. The number of nitrogens with zero attached hydrogens (tertiary/aromatic N) is 2. The summed E-state index contributed by atoms with van der Waals surface area (Å²) in [5.74, 6) is 0. The average Bonchev–Trinajstić information content (AvgIpc) is 2.66. The van der Waals surface area contributed by atoms with Crippen molar-refractivity contribution in [2.75, 3.05) is 7.11 Å². The Kier molecular flexibility index (Phi) is 4.10. The van der Waals surface area contributed by atoms with Gasteiger partial charge in [-0.3, -0.25) is 4.68 Å². The molecule has 4 heteroatoms. The second-order valence-electron chi connectivity index (χ2n) is 5.00. The fourth-order valence-electron chi connectivity index (χ4n) is 1.40. The third-order valence-corrected chi connectivity index (χ3v) is 3.04. The number of methoxy groups -OCH3 is 1. The first-order chi connectivity index (χ1) is 7.36. The molecule has 0 aromatic carbocycles. The summed E-state index contributed by atoms with van der Waals surface area (Å²) < 4.78 is 7.31. The molecular weight excluding hydrogens is 202 g/mol. The average molecular weight is 225 g/mol. The van der Waals surface area contributed by atoms with Gasteiger partial charge in [0.05, 0.1) is 11.3 Å². The Morgan fingerprint density at radius 1 is 1.50 bits per heavy atom. The van der Waals surface area contributed by atoms with E-state index in [0.29, 0.717) is 6.04 Å². The maximum atomic E-state index is 6.11. The lowest BCUT2D eigenvalue weighted by molar-refractivity contribution is 0.000544. The molecule has 0 saturated heterocycles. The van der Waals surface area contributed by atoms with Gasteiger partial charge in [0, 0.05) is 31.8 Å². The zero-order valence-electron chi connectivity index (χ0n) is 10.9. The van der Waals surface area contributed by atoms with E-state index in [4.69, 9.17) is 10.5 Å². The summed E-state index contributed by atoms with van der Waals surface area (Å²) in [6.45, 7) is 8.21. The van der Waals surface area contributed by atoms with Gasteiger partial charge < -0.3 is 10.5 Å². The van der Waals surface area contributed by atoms with Gasteiger partial charge in [-0.1, -0.05) is 0 Å². The summed E-state index contributed by atoms with van der Waals surface area (Å²) in [5.41, 5.74) is 6.81. The van der Waals surface area contributed by atoms with E-state index in [1.165, 1.54) is 0 Å². The summed E-state index contributed by atoms with van der Waals surface area (Å²) in [6, 6.07) is 2.36. The van der Waals surface area contributed by atoms with Crippen molar-refractivity contribution in [3.05, 3.63) is 18.0 Å². The van der Waals surface area contributed by atoms with Gasteiger partial charge in [-0.05, 0) is 33.8 Å². The number of nitrogens with two attached hydrogens (primary N) is 1. The zero-order valence-corrected chi connectivity index (χ0v) is 10.9. The number of hydrogen-bond acceptors (Lipinski definition) is 3. The molecule has 92 valence electrons. The molecule has 0 fully saturated rings. The minimum absolute atomic E-state index is 0.0481. The molecule has 1 heterocycles. The molecule has 1 aromatic rings. The summed E-state index contributed by atoms with van der Waals surface area (Å²) in [6.07, 6.45) is 2.73. The van der Waals surface area contributed by atoms with Crippen molar-refractivity contribution in [2.24, 2.45) is 5.73 Å². The van der Waals surface area contributed by atoms with Gasteiger partial charge in [0.2, 0.25) is 0 Å². The molecule has 0 aliphatic rings. The molecule has 4 nitrogen and oxygen atoms in total. The predicted molar refractivity (Wildman–Crippen MR) is 65.4 cm³/mol. The number of rotatable bonds is 5. The van der Waals surface area contributed by atoms with E-state index in [-0.39, 0.29) is 11.6 Å². The van der Waals surface area contributed by atoms with Crippen LogP contribution in [0.15, 0.2) is 12.3 Å². The van der Waals surface area contributed by atoms with Gasteiger partial charge in [0.15, 0.2) is 0 Å². The molecule has 16 heavy (non-hydrogen) atoms. The van der Waals surface area contributed by atoms with E-state index in [9.17, 15) is 0 Å². The highest BCUT2D eigenvalue weighted by atomic mass is 16.5. The molecule has 1 aromatic heterocycles. The van der Waals surface area contributed by atoms with Crippen LogP contribution in [0.1, 0.15) is 39.4 Å². The summed E-state index contributed by atoms with van der Waals surface area (Å²) in [4.78, 5) is 0. The summed E-state index contributed by atoms with van der Waals surface area (Å²) >= 11 is 0. The quantitative estimate of drug-likeness (QED) is 0.830. The lowest BCUT2D eigenvalue weighted by Gasteiger charge is -2.29. The van der Waals surface area contributed by atoms with Gasteiger partial charge in [0.1, 0.15) is 0 Å². The topological polar surface area (TPSA) is 53.1 Å². The second-order valence-corrected chi connectivity index (χ2v) is 5.00. The SMILES string of the molecule is COC(C)(C)C(N)Cc1ccn(C(C)C)n1. The third-order valence-electron chi connectivity index (χ3n) is 3.04. The minimum Gasteiger partial charge on any atom is -0.377 e. The van der Waals surface area contributed by atoms with Gasteiger partial charge >= 0.3 is 0 Å². The largest absolute Gasteiger partial charge is 0.377 e. The molecule has 1 rings (SSSR count). The molecule has 1 atom stereocenters. The van der Waals surface area contributed by atoms with E-state index in [1.54, 1.807) is 7.11 Å². The molecule has 0 spiro atoms. The van der Waals surface area contributed by atoms with Crippen molar-refractivity contribution in [1.82, 2.24) is 9.78 Å². The molecule has 0 bridgehead atoms. The van der Waals surface area contributed by atoms with Crippen molar-refractivity contribution < 1.29 is 4.74 Å². The Balaban J connectivity index is 2.66. The monoisotopic (exact) mass is 225 g/mol. The predicted octanol–water partition coefficient (Wildman–Crippen LogP) is 1.76. The fourth-order valence-corrected chi connectivity index (χ4v) is 1.40. The highest BCUT2D eigenvalue weighted by molar-refractivity contribution is 5.04. The number of aromatic nitrogens is 2. The standard InChI is InChI=1S/C12H23N3O/c1-9(2)15-7-6-10(14-15)8-11(13)12(3,4)16-5/h6-7,9,11H,8,13H2,1-5H3. The summed E-state index contributed by atoms with van der Waals surface area (Å²) in [5, 5.41) is 4.48. The minimum atomic E-state index is -0.318. The van der Waals surface area contributed by atoms with Gasteiger partial charge in [0.25, 0.3) is 0 Å². The van der Waals surface area contributed by atoms with E-state index < -0.39 is 0 Å². The van der Waals surface area contributed by atoms with Crippen LogP contribution in [-0.4, -0.2) is 28.5 Å². The first kappa shape index (κ1) is 13.2. The maximum absolute atomic E-state index is 6.11. The summed E-state index contributed by atoms with van der Waals surface area (Å²) in [7, 11) is 1.69. The van der Waals surface area contributed by atoms with Crippen LogP contribution < -0.4 is 5.73 Å². The third kappa shape index (κ3) is 3.06. The van der Waals surface area contributed by atoms with Crippen molar-refractivity contribution >= 4 is 0 Å². The van der Waals surface area contributed by atoms with Crippen molar-refractivity contribution in [3.8, 4) is 0 Å². The first-order valence-electron chi connectivity index (χ1n) is 5.71. The molecule has 0 saturated carbocycles. The van der Waals surface area contributed by atoms with Crippen LogP contribution in [0.3, 0.4) is 0 Å². The first-order valence-corrected chi connectivity index (χ1v) is 5.71. The molecule has 1 unspecified atom stereocenters. The number of ether oxygens (including phenoxy) is 1. The molecule has 0 radical (unpaired) electrons. The Bertz CT molecular complexity index is 331. The lowest BCUT2D eigenvalue weighted by atomic mass is 9.95. The van der Waals surface area contributed by atoms with Crippen LogP contribution in [0.2, 0.25) is 0 Å². The molecule has 0 aliphatic carbocycles. The van der Waals surface area contributed by atoms with Crippen LogP contribution in [0, 0.1) is 0 Å². The van der Waals surface area contributed by atoms with Gasteiger partial charge in [-0.15, -0.1) is 0 Å². The maximum Gasteiger partial charge on any atom is 0.0776 e. The van der Waals surface area contributed by atoms with Crippen LogP contribution in [0.25, 0.3) is 0 Å².